The van der Waals surface area contributed by atoms with Crippen molar-refractivity contribution < 1.29 is 0 Å². The lowest BCUT2D eigenvalue weighted by atomic mass is 9.72. The number of hydrogen-bond donors (Lipinski definition) is 0. The maximum Gasteiger partial charge on any atom is 0.0956 e. The summed E-state index contributed by atoms with van der Waals surface area (Å²) >= 11 is 0. The number of pyridine rings is 1. The van der Waals surface area contributed by atoms with E-state index in [1.807, 2.05) is 31.2 Å². The minimum Gasteiger partial charge on any atom is -0.314 e. The highest BCUT2D eigenvalue weighted by molar-refractivity contribution is 5.84. The molecule has 0 amide bonds. The molecule has 3 aliphatic rings. The number of rotatable bonds is 11. The molecule has 6 aromatic rings. The molecule has 4 aromatic carbocycles. The highest BCUT2D eigenvalue weighted by atomic mass is 15.0. The quantitative estimate of drug-likeness (QED) is 0.122. The fourth-order valence-corrected chi connectivity index (χ4v) is 9.96. The van der Waals surface area contributed by atoms with E-state index in [2.05, 4.69) is 210 Å². The summed E-state index contributed by atoms with van der Waals surface area (Å²) < 4.78 is 2.49. The van der Waals surface area contributed by atoms with Gasteiger partial charge in [0.15, 0.2) is 0 Å². The number of nitriles is 1. The molecule has 2 atom stereocenters. The minimum atomic E-state index is -0.513. The third kappa shape index (κ3) is 9.31. The maximum atomic E-state index is 10.7. The third-order valence-corrected chi connectivity index (χ3v) is 13.8. The Morgan fingerprint density at radius 2 is 1.54 bits per heavy atom. The molecule has 3 aliphatic carbocycles. The summed E-state index contributed by atoms with van der Waals surface area (Å²) in [7, 11) is 0. The SMILES string of the molecule is C=CC(=C)C.C=CC1=C(CC)Cc2c1cccc2C1(C)C=Cc2cc(/C=C\C=C/C)n(-c3cc(-c4cc(-c5ccccc5)nc(-c5ccccc5)c4)cc(C4(C)CCC=CC=C4C#N)c3)c2C1. The average molecular weight is 872 g/mol. The Labute approximate surface area is 399 Å². The summed E-state index contributed by atoms with van der Waals surface area (Å²) in [6.07, 6.45) is 27.9. The zero-order valence-electron chi connectivity index (χ0n) is 39.8. The first-order valence-corrected chi connectivity index (χ1v) is 23.6. The van der Waals surface area contributed by atoms with Gasteiger partial charge in [0.1, 0.15) is 0 Å². The van der Waals surface area contributed by atoms with E-state index in [0.717, 1.165) is 93.8 Å². The standard InChI is InChI=1S/C59H53N3.C5H8/c1-6-9-13-26-49-33-44-29-31-58(4,54-28-20-27-52-51(8-3)41(7-2)35-53(52)54)39-57(44)62(49)50-34-45(32-48(38-50)59(5)30-19-12-18-25-47(59)40-60)46-36-55(42-21-14-10-15-22-42)61-56(37-46)43-23-16-11-17-24-43;1-4-5(2)3/h6,8-18,20-29,31-34,36-38H,3,7,19,30,35,39H2,1-2,4-5H3;4H,1-2H2,3H3/b9-6-,26-13-;. The lowest BCUT2D eigenvalue weighted by Crippen LogP contribution is -2.28. The van der Waals surface area contributed by atoms with Crippen molar-refractivity contribution in [2.45, 2.75) is 77.6 Å². The second kappa shape index (κ2) is 19.9. The van der Waals surface area contributed by atoms with Crippen LogP contribution >= 0.6 is 0 Å². The van der Waals surface area contributed by atoms with Gasteiger partial charge in [0.05, 0.1) is 17.5 Å². The summed E-state index contributed by atoms with van der Waals surface area (Å²) in [5, 5.41) is 10.7. The van der Waals surface area contributed by atoms with Crippen LogP contribution in [0.4, 0.5) is 0 Å². The first-order valence-electron chi connectivity index (χ1n) is 23.6. The van der Waals surface area contributed by atoms with Crippen molar-refractivity contribution in [3.05, 3.63) is 246 Å². The molecule has 67 heavy (non-hydrogen) atoms. The van der Waals surface area contributed by atoms with Crippen molar-refractivity contribution in [2.24, 2.45) is 0 Å². The van der Waals surface area contributed by atoms with Crippen LogP contribution in [0.3, 0.4) is 0 Å². The summed E-state index contributed by atoms with van der Waals surface area (Å²) in [5.41, 5.74) is 19.9. The summed E-state index contributed by atoms with van der Waals surface area (Å²) in [6, 6.07) is 44.2. The van der Waals surface area contributed by atoms with Crippen LogP contribution in [-0.4, -0.2) is 9.55 Å². The van der Waals surface area contributed by atoms with E-state index in [9.17, 15) is 5.26 Å². The van der Waals surface area contributed by atoms with Crippen LogP contribution in [0.1, 0.15) is 93.1 Å². The Morgan fingerprint density at radius 1 is 0.851 bits per heavy atom. The topological polar surface area (TPSA) is 41.6 Å². The lowest BCUT2D eigenvalue weighted by Gasteiger charge is -2.34. The largest absolute Gasteiger partial charge is 0.314 e. The normalized spacial score (nSPS) is 18.4. The number of nitrogens with zero attached hydrogens (tertiary/aromatic N) is 3. The Hall–Kier alpha value is -7.54. The molecule has 2 unspecified atom stereocenters. The first kappa shape index (κ1) is 46.0. The molecule has 3 heteroatoms. The number of allylic oxidation sites excluding steroid dienone is 13. The van der Waals surface area contributed by atoms with E-state index in [-0.39, 0.29) is 5.41 Å². The van der Waals surface area contributed by atoms with Gasteiger partial charge in [0, 0.05) is 51.0 Å². The molecular formula is C64H61N3. The van der Waals surface area contributed by atoms with Crippen LogP contribution in [0.15, 0.2) is 206 Å². The number of aromatic nitrogens is 2. The van der Waals surface area contributed by atoms with Crippen molar-refractivity contribution in [3.8, 4) is 45.4 Å². The van der Waals surface area contributed by atoms with Crippen LogP contribution in [0, 0.1) is 11.3 Å². The van der Waals surface area contributed by atoms with Crippen molar-refractivity contribution in [3.63, 3.8) is 0 Å². The van der Waals surface area contributed by atoms with E-state index in [0.29, 0.717) is 0 Å². The van der Waals surface area contributed by atoms with Crippen molar-refractivity contribution in [1.29, 1.82) is 5.26 Å². The molecule has 0 bridgehead atoms. The Bertz CT molecular complexity index is 3040. The average Bonchev–Trinajstić information content (AvgIpc) is 3.85. The smallest absolute Gasteiger partial charge is 0.0956 e. The Balaban J connectivity index is 0.00000116. The van der Waals surface area contributed by atoms with Crippen molar-refractivity contribution in [1.82, 2.24) is 9.55 Å². The number of fused-ring (bicyclic) bond motifs is 2. The van der Waals surface area contributed by atoms with E-state index >= 15 is 0 Å². The van der Waals surface area contributed by atoms with Gasteiger partial charge in [-0.05, 0) is 127 Å². The lowest BCUT2D eigenvalue weighted by molar-refractivity contribution is 0.529. The van der Waals surface area contributed by atoms with Crippen molar-refractivity contribution in [2.75, 3.05) is 0 Å². The van der Waals surface area contributed by atoms with Gasteiger partial charge in [-0.3, -0.25) is 0 Å². The molecule has 9 rings (SSSR count). The van der Waals surface area contributed by atoms with Crippen LogP contribution in [-0.2, 0) is 23.7 Å². The van der Waals surface area contributed by atoms with E-state index in [4.69, 9.17) is 4.98 Å². The zero-order chi connectivity index (χ0) is 47.1. The number of benzene rings is 4. The monoisotopic (exact) mass is 871 g/mol. The number of hydrogen-bond acceptors (Lipinski definition) is 2. The van der Waals surface area contributed by atoms with Gasteiger partial charge in [-0.2, -0.15) is 5.26 Å². The molecular weight excluding hydrogens is 811 g/mol. The van der Waals surface area contributed by atoms with Crippen LogP contribution in [0.2, 0.25) is 0 Å². The molecule has 2 aromatic heterocycles. The van der Waals surface area contributed by atoms with Crippen LogP contribution in [0.5, 0.6) is 0 Å². The molecule has 0 radical (unpaired) electrons. The van der Waals surface area contributed by atoms with Gasteiger partial charge in [0.25, 0.3) is 0 Å². The third-order valence-electron chi connectivity index (χ3n) is 13.8. The minimum absolute atomic E-state index is 0.245. The van der Waals surface area contributed by atoms with Gasteiger partial charge in [-0.15, -0.1) is 0 Å². The molecule has 0 saturated heterocycles. The molecule has 0 aliphatic heterocycles. The Morgan fingerprint density at radius 3 is 2.16 bits per heavy atom. The van der Waals surface area contributed by atoms with Crippen molar-refractivity contribution >= 4 is 17.7 Å². The fourth-order valence-electron chi connectivity index (χ4n) is 9.96. The summed E-state index contributed by atoms with van der Waals surface area (Å²) in [5.74, 6) is 0. The predicted octanol–water partition coefficient (Wildman–Crippen LogP) is 16.7. The van der Waals surface area contributed by atoms with Gasteiger partial charge in [0.2, 0.25) is 0 Å². The first-order chi connectivity index (χ1) is 32.5. The highest BCUT2D eigenvalue weighted by Gasteiger charge is 2.36. The van der Waals surface area contributed by atoms with Crippen LogP contribution in [0.25, 0.3) is 57.1 Å². The molecule has 0 spiro atoms. The second-order valence-corrected chi connectivity index (χ2v) is 18.4. The summed E-state index contributed by atoms with van der Waals surface area (Å²) in [6.45, 7) is 22.1. The van der Waals surface area contributed by atoms with E-state index < -0.39 is 5.41 Å². The highest BCUT2D eigenvalue weighted by Crippen LogP contribution is 2.47. The molecule has 2 heterocycles. The molecule has 0 N–H and O–H groups in total. The van der Waals surface area contributed by atoms with Gasteiger partial charge < -0.3 is 4.57 Å². The summed E-state index contributed by atoms with van der Waals surface area (Å²) in [4.78, 5) is 5.24. The second-order valence-electron chi connectivity index (χ2n) is 18.4. The molecule has 3 nitrogen and oxygen atoms in total. The molecule has 0 fully saturated rings. The van der Waals surface area contributed by atoms with Crippen LogP contribution < -0.4 is 0 Å². The Kier molecular flexibility index (Phi) is 13.7. The van der Waals surface area contributed by atoms with E-state index in [1.165, 1.54) is 39.1 Å². The van der Waals surface area contributed by atoms with Gasteiger partial charge in [-0.1, -0.05) is 191 Å². The van der Waals surface area contributed by atoms with Gasteiger partial charge >= 0.3 is 0 Å². The fraction of sp³-hybridized carbons (Fsp3) is 0.188. The predicted molar refractivity (Wildman–Crippen MR) is 286 cm³/mol. The van der Waals surface area contributed by atoms with E-state index in [1.54, 1.807) is 6.08 Å². The zero-order valence-corrected chi connectivity index (χ0v) is 39.8. The van der Waals surface area contributed by atoms with Gasteiger partial charge in [-0.25, -0.2) is 4.98 Å². The molecule has 0 saturated carbocycles. The molecule has 332 valence electrons. The maximum absolute atomic E-state index is 10.7.